The van der Waals surface area contributed by atoms with Gasteiger partial charge in [0.1, 0.15) is 5.54 Å². The maximum Gasteiger partial charge on any atom is 0.324 e. The number of nitrogens with one attached hydrogen (secondary N) is 1. The summed E-state index contributed by atoms with van der Waals surface area (Å²) in [7, 11) is -3.86. The Hall–Kier alpha value is -1.40. The number of sulfonamides is 1. The molecule has 19 heavy (non-hydrogen) atoms. The third-order valence-electron chi connectivity index (χ3n) is 3.17. The van der Waals surface area contributed by atoms with Crippen LogP contribution in [-0.4, -0.2) is 25.0 Å². The SMILES string of the molecule is CCC(C)(NS(=O)(=O)c1cc(C)ccc1C)C(=O)O. The Morgan fingerprint density at radius 2 is 1.95 bits per heavy atom. The molecule has 0 fully saturated rings. The molecule has 0 heterocycles. The van der Waals surface area contributed by atoms with Gasteiger partial charge in [0.25, 0.3) is 0 Å². The number of carbonyl (C=O) groups is 1. The largest absolute Gasteiger partial charge is 0.480 e. The van der Waals surface area contributed by atoms with Crippen LogP contribution in [0.2, 0.25) is 0 Å². The third kappa shape index (κ3) is 3.33. The molecule has 0 aliphatic heterocycles. The van der Waals surface area contributed by atoms with Gasteiger partial charge in [0.05, 0.1) is 4.90 Å². The van der Waals surface area contributed by atoms with Crippen LogP contribution in [0.15, 0.2) is 23.1 Å². The Morgan fingerprint density at radius 1 is 1.37 bits per heavy atom. The van der Waals surface area contributed by atoms with E-state index in [1.165, 1.54) is 13.0 Å². The molecule has 0 saturated heterocycles. The standard InChI is InChI=1S/C13H19NO4S/c1-5-13(4,12(15)16)14-19(17,18)11-8-9(2)6-7-10(11)3/h6-8,14H,5H2,1-4H3,(H,15,16). The van der Waals surface area contributed by atoms with Crippen LogP contribution < -0.4 is 4.72 Å². The summed E-state index contributed by atoms with van der Waals surface area (Å²) in [6.45, 7) is 6.45. The van der Waals surface area contributed by atoms with Crippen molar-refractivity contribution >= 4 is 16.0 Å². The summed E-state index contributed by atoms with van der Waals surface area (Å²) in [4.78, 5) is 11.3. The molecule has 0 amide bonds. The van der Waals surface area contributed by atoms with Crippen LogP contribution in [0, 0.1) is 13.8 Å². The fourth-order valence-corrected chi connectivity index (χ4v) is 3.38. The summed E-state index contributed by atoms with van der Waals surface area (Å²) in [5.41, 5.74) is -0.115. The van der Waals surface area contributed by atoms with Crippen molar-refractivity contribution in [2.45, 2.75) is 44.6 Å². The van der Waals surface area contributed by atoms with E-state index in [2.05, 4.69) is 4.72 Å². The minimum atomic E-state index is -3.86. The Labute approximate surface area is 113 Å². The van der Waals surface area contributed by atoms with E-state index in [-0.39, 0.29) is 11.3 Å². The van der Waals surface area contributed by atoms with Crippen LogP contribution in [-0.2, 0) is 14.8 Å². The van der Waals surface area contributed by atoms with Crippen LogP contribution in [0.5, 0.6) is 0 Å². The molecule has 1 aromatic carbocycles. The lowest BCUT2D eigenvalue weighted by Gasteiger charge is -2.24. The summed E-state index contributed by atoms with van der Waals surface area (Å²) in [6, 6.07) is 5.05. The monoisotopic (exact) mass is 285 g/mol. The van der Waals surface area contributed by atoms with Crippen LogP contribution in [0.25, 0.3) is 0 Å². The molecular weight excluding hydrogens is 266 g/mol. The average Bonchev–Trinajstić information content (AvgIpc) is 2.31. The Bertz CT molecular complexity index is 595. The molecule has 0 bridgehead atoms. The number of carboxylic acid groups (broad SMARTS) is 1. The van der Waals surface area contributed by atoms with Gasteiger partial charge in [-0.1, -0.05) is 19.1 Å². The molecule has 1 unspecified atom stereocenters. The lowest BCUT2D eigenvalue weighted by Crippen LogP contribution is -2.51. The van der Waals surface area contributed by atoms with Crippen molar-refractivity contribution < 1.29 is 18.3 Å². The van der Waals surface area contributed by atoms with Crippen molar-refractivity contribution in [3.63, 3.8) is 0 Å². The van der Waals surface area contributed by atoms with Gasteiger partial charge in [0.15, 0.2) is 0 Å². The molecule has 2 N–H and O–H groups in total. The number of carboxylic acids is 1. The van der Waals surface area contributed by atoms with E-state index in [1.807, 2.05) is 6.07 Å². The summed E-state index contributed by atoms with van der Waals surface area (Å²) in [6.07, 6.45) is 0.159. The first kappa shape index (κ1) is 15.7. The van der Waals surface area contributed by atoms with Crippen molar-refractivity contribution in [2.24, 2.45) is 0 Å². The van der Waals surface area contributed by atoms with Gasteiger partial charge >= 0.3 is 5.97 Å². The minimum Gasteiger partial charge on any atom is -0.480 e. The summed E-state index contributed by atoms with van der Waals surface area (Å²) < 4.78 is 26.9. The summed E-state index contributed by atoms with van der Waals surface area (Å²) >= 11 is 0. The van der Waals surface area contributed by atoms with Crippen molar-refractivity contribution in [1.82, 2.24) is 4.72 Å². The highest BCUT2D eigenvalue weighted by Gasteiger charge is 2.36. The molecule has 0 aliphatic rings. The first-order valence-corrected chi connectivity index (χ1v) is 7.45. The lowest BCUT2D eigenvalue weighted by atomic mass is 10.0. The smallest absolute Gasteiger partial charge is 0.324 e. The third-order valence-corrected chi connectivity index (χ3v) is 4.91. The zero-order chi connectivity index (χ0) is 14.8. The second-order valence-corrected chi connectivity index (χ2v) is 6.52. The first-order chi connectivity index (χ1) is 8.62. The number of aryl methyl sites for hydroxylation is 2. The number of hydrogen-bond donors (Lipinski definition) is 2. The Balaban J connectivity index is 3.26. The molecule has 1 aromatic rings. The number of hydrogen-bond acceptors (Lipinski definition) is 3. The molecule has 0 radical (unpaired) electrons. The van der Waals surface area contributed by atoms with Gasteiger partial charge in [-0.2, -0.15) is 4.72 Å². The highest BCUT2D eigenvalue weighted by molar-refractivity contribution is 7.89. The van der Waals surface area contributed by atoms with Crippen molar-refractivity contribution in [3.8, 4) is 0 Å². The minimum absolute atomic E-state index is 0.119. The van der Waals surface area contributed by atoms with Gasteiger partial charge in [0.2, 0.25) is 10.0 Å². The molecule has 0 spiro atoms. The molecule has 0 aliphatic carbocycles. The first-order valence-electron chi connectivity index (χ1n) is 5.97. The average molecular weight is 285 g/mol. The van der Waals surface area contributed by atoms with Gasteiger partial charge in [-0.05, 0) is 44.4 Å². The predicted octanol–water partition coefficient (Wildman–Crippen LogP) is 1.84. The topological polar surface area (TPSA) is 83.5 Å². The fraction of sp³-hybridized carbons (Fsp3) is 0.462. The van der Waals surface area contributed by atoms with Crippen molar-refractivity contribution in [2.75, 3.05) is 0 Å². The Kier molecular flexibility index (Phi) is 4.37. The van der Waals surface area contributed by atoms with Gasteiger partial charge in [-0.15, -0.1) is 0 Å². The van der Waals surface area contributed by atoms with E-state index in [0.29, 0.717) is 5.56 Å². The molecule has 1 rings (SSSR count). The summed E-state index contributed by atoms with van der Waals surface area (Å²) in [5, 5.41) is 9.14. The van der Waals surface area contributed by atoms with Gasteiger partial charge in [-0.25, -0.2) is 8.42 Å². The van der Waals surface area contributed by atoms with Gasteiger partial charge in [-0.3, -0.25) is 4.79 Å². The van der Waals surface area contributed by atoms with Crippen LogP contribution in [0.1, 0.15) is 31.4 Å². The molecule has 0 saturated carbocycles. The van der Waals surface area contributed by atoms with E-state index in [9.17, 15) is 13.2 Å². The molecule has 5 nitrogen and oxygen atoms in total. The molecule has 106 valence electrons. The second-order valence-electron chi connectivity index (χ2n) is 4.87. The van der Waals surface area contributed by atoms with Gasteiger partial charge in [0, 0.05) is 0 Å². The van der Waals surface area contributed by atoms with E-state index in [0.717, 1.165) is 5.56 Å². The molecular formula is C13H19NO4S. The van der Waals surface area contributed by atoms with E-state index in [1.54, 1.807) is 26.8 Å². The zero-order valence-corrected chi connectivity index (χ0v) is 12.3. The van der Waals surface area contributed by atoms with E-state index >= 15 is 0 Å². The maximum absolute atomic E-state index is 12.3. The highest BCUT2D eigenvalue weighted by Crippen LogP contribution is 2.20. The van der Waals surface area contributed by atoms with Crippen LogP contribution >= 0.6 is 0 Å². The molecule has 6 heteroatoms. The summed E-state index contributed by atoms with van der Waals surface area (Å²) in [5.74, 6) is -1.19. The van der Waals surface area contributed by atoms with E-state index < -0.39 is 21.5 Å². The Morgan fingerprint density at radius 3 is 2.42 bits per heavy atom. The zero-order valence-electron chi connectivity index (χ0n) is 11.5. The number of aliphatic carboxylic acids is 1. The van der Waals surface area contributed by atoms with Crippen LogP contribution in [0.3, 0.4) is 0 Å². The predicted molar refractivity (Wildman–Crippen MR) is 72.6 cm³/mol. The van der Waals surface area contributed by atoms with Crippen molar-refractivity contribution in [3.05, 3.63) is 29.3 Å². The van der Waals surface area contributed by atoms with Crippen LogP contribution in [0.4, 0.5) is 0 Å². The highest BCUT2D eigenvalue weighted by atomic mass is 32.2. The molecule has 1 atom stereocenters. The quantitative estimate of drug-likeness (QED) is 0.864. The lowest BCUT2D eigenvalue weighted by molar-refractivity contribution is -0.143. The molecule has 0 aromatic heterocycles. The van der Waals surface area contributed by atoms with Gasteiger partial charge < -0.3 is 5.11 Å². The maximum atomic E-state index is 12.3. The second kappa shape index (κ2) is 5.30. The number of benzene rings is 1. The van der Waals surface area contributed by atoms with E-state index in [4.69, 9.17) is 5.11 Å². The fourth-order valence-electron chi connectivity index (χ4n) is 1.62. The number of rotatable bonds is 5. The normalized spacial score (nSPS) is 14.9. The van der Waals surface area contributed by atoms with Crippen molar-refractivity contribution in [1.29, 1.82) is 0 Å².